The fraction of sp³-hybridized carbons (Fsp3) is 0.400. The van der Waals surface area contributed by atoms with Crippen LogP contribution in [0.5, 0.6) is 0 Å². The molecule has 124 valence electrons. The van der Waals surface area contributed by atoms with Crippen molar-refractivity contribution < 1.29 is 18.7 Å². The molecule has 2 rings (SSSR count). The second-order valence-electron chi connectivity index (χ2n) is 5.91. The Bertz CT molecular complexity index is 773. The predicted octanol–water partition coefficient (Wildman–Crippen LogP) is 2.74. The van der Waals surface area contributed by atoms with E-state index in [0.29, 0.717) is 11.1 Å². The predicted molar refractivity (Wildman–Crippen MR) is 88.0 cm³/mol. The molecule has 0 aliphatic heterocycles. The van der Waals surface area contributed by atoms with E-state index in [1.165, 1.54) is 0 Å². The van der Waals surface area contributed by atoms with E-state index >= 15 is 0 Å². The quantitative estimate of drug-likeness (QED) is 0.589. The highest BCUT2D eigenvalue weighted by Gasteiger charge is 2.15. The summed E-state index contributed by atoms with van der Waals surface area (Å²) in [5.41, 5.74) is 1.16. The van der Waals surface area contributed by atoms with Crippen LogP contribution in [0.4, 0.5) is 4.79 Å². The molecule has 0 spiro atoms. The summed E-state index contributed by atoms with van der Waals surface area (Å²) in [5, 5.41) is 5.27. The van der Waals surface area contributed by atoms with Gasteiger partial charge in [-0.1, -0.05) is 0 Å². The Morgan fingerprint density at radius 3 is 2.65 bits per heavy atom. The molecule has 0 radical (unpaired) electrons. The van der Waals surface area contributed by atoms with Crippen LogP contribution in [0.2, 0.25) is 0 Å². The summed E-state index contributed by atoms with van der Waals surface area (Å²) < 4.78 is 10.4. The minimum atomic E-state index is -0.549. The van der Waals surface area contributed by atoms with Crippen molar-refractivity contribution in [3.8, 4) is 0 Å². The van der Waals surface area contributed by atoms with E-state index in [9.17, 15) is 9.59 Å². The first-order valence-electron chi connectivity index (χ1n) is 7.12. The summed E-state index contributed by atoms with van der Waals surface area (Å²) in [7, 11) is 0. The average Bonchev–Trinajstić information content (AvgIpc) is 2.80. The number of benzene rings is 1. The minimum absolute atomic E-state index is 0.263. The summed E-state index contributed by atoms with van der Waals surface area (Å²) in [6, 6.07) is 5.00. The van der Waals surface area contributed by atoms with Crippen molar-refractivity contribution >= 4 is 35.3 Å². The lowest BCUT2D eigenvalue weighted by Gasteiger charge is -2.19. The van der Waals surface area contributed by atoms with Crippen molar-refractivity contribution in [3.05, 3.63) is 28.6 Å². The smallest absolute Gasteiger partial charge is 0.407 e. The van der Waals surface area contributed by atoms with Crippen LogP contribution in [0.15, 0.2) is 22.6 Å². The van der Waals surface area contributed by atoms with Crippen molar-refractivity contribution in [1.29, 1.82) is 0 Å². The van der Waals surface area contributed by atoms with Gasteiger partial charge in [0, 0.05) is 18.7 Å². The minimum Gasteiger partial charge on any atom is -0.444 e. The molecular formula is C15H19N3O4S. The number of fused-ring (bicyclic) bond motifs is 1. The van der Waals surface area contributed by atoms with Gasteiger partial charge in [-0.15, -0.1) is 0 Å². The summed E-state index contributed by atoms with van der Waals surface area (Å²) in [5.74, 6) is -0.264. The molecular weight excluding hydrogens is 318 g/mol. The van der Waals surface area contributed by atoms with Gasteiger partial charge in [0.05, 0.1) is 5.52 Å². The molecule has 0 saturated heterocycles. The van der Waals surface area contributed by atoms with Gasteiger partial charge < -0.3 is 24.8 Å². The van der Waals surface area contributed by atoms with Crippen molar-refractivity contribution in [2.45, 2.75) is 26.4 Å². The Hall–Kier alpha value is -2.35. The van der Waals surface area contributed by atoms with Gasteiger partial charge in [0.2, 0.25) is 0 Å². The maximum absolute atomic E-state index is 12.0. The van der Waals surface area contributed by atoms with Crippen LogP contribution in [0.1, 0.15) is 31.1 Å². The number of nitrogens with one attached hydrogen (secondary N) is 3. The first-order chi connectivity index (χ1) is 10.7. The van der Waals surface area contributed by atoms with E-state index in [0.717, 1.165) is 5.52 Å². The zero-order chi connectivity index (χ0) is 17.0. The molecule has 7 nitrogen and oxygen atoms in total. The van der Waals surface area contributed by atoms with Crippen LogP contribution in [-0.2, 0) is 4.74 Å². The third-order valence-corrected chi connectivity index (χ3v) is 2.95. The van der Waals surface area contributed by atoms with Crippen molar-refractivity contribution in [2.24, 2.45) is 0 Å². The molecule has 0 bridgehead atoms. The second kappa shape index (κ2) is 6.82. The molecule has 1 aromatic carbocycles. The van der Waals surface area contributed by atoms with E-state index in [2.05, 4.69) is 15.6 Å². The third kappa shape index (κ3) is 5.10. The lowest BCUT2D eigenvalue weighted by molar-refractivity contribution is 0.0526. The highest BCUT2D eigenvalue weighted by atomic mass is 32.1. The number of hydrogen-bond acceptors (Lipinski definition) is 5. The van der Waals surface area contributed by atoms with E-state index < -0.39 is 11.7 Å². The highest BCUT2D eigenvalue weighted by molar-refractivity contribution is 7.71. The van der Waals surface area contributed by atoms with Gasteiger partial charge in [0.15, 0.2) is 5.58 Å². The number of ether oxygens (including phenoxy) is 1. The number of amides is 2. The number of aromatic amines is 1. The van der Waals surface area contributed by atoms with Gasteiger partial charge in [-0.2, -0.15) is 0 Å². The molecule has 8 heteroatoms. The van der Waals surface area contributed by atoms with E-state index in [4.69, 9.17) is 21.4 Å². The highest BCUT2D eigenvalue weighted by Crippen LogP contribution is 2.15. The molecule has 1 heterocycles. The molecule has 0 saturated carbocycles. The number of H-pyrrole nitrogens is 1. The van der Waals surface area contributed by atoms with Gasteiger partial charge in [-0.3, -0.25) is 4.79 Å². The number of carbonyl (C=O) groups is 2. The molecule has 0 aliphatic carbocycles. The summed E-state index contributed by atoms with van der Waals surface area (Å²) in [4.78, 5) is 26.6. The first kappa shape index (κ1) is 17.0. The van der Waals surface area contributed by atoms with Crippen molar-refractivity contribution in [2.75, 3.05) is 13.1 Å². The van der Waals surface area contributed by atoms with Gasteiger partial charge in [-0.05, 0) is 51.2 Å². The molecule has 0 aliphatic rings. The zero-order valence-corrected chi connectivity index (χ0v) is 14.0. The fourth-order valence-corrected chi connectivity index (χ4v) is 2.04. The number of hydrogen-bond donors (Lipinski definition) is 3. The molecule has 2 amide bonds. The van der Waals surface area contributed by atoms with Crippen molar-refractivity contribution in [1.82, 2.24) is 15.6 Å². The van der Waals surface area contributed by atoms with Gasteiger partial charge in [0.1, 0.15) is 5.60 Å². The standard InChI is InChI=1S/C15H19N3O4S/c1-15(2,3)22-13(20)17-7-6-16-12(19)9-4-5-10-11(8-9)21-14(23)18-10/h4-5,8H,6-7H2,1-3H3,(H,16,19)(H,17,20)(H,18,23). The molecule has 0 unspecified atom stereocenters. The van der Waals surface area contributed by atoms with E-state index in [1.54, 1.807) is 39.0 Å². The van der Waals surface area contributed by atoms with Crippen LogP contribution in [0.3, 0.4) is 0 Å². The Labute approximate surface area is 138 Å². The molecule has 23 heavy (non-hydrogen) atoms. The SMILES string of the molecule is CC(C)(C)OC(=O)NCCNC(=O)c1ccc2[nH]c(=S)oc2c1. The fourth-order valence-electron chi connectivity index (χ4n) is 1.84. The number of carbonyl (C=O) groups excluding carboxylic acids is 2. The van der Waals surface area contributed by atoms with Crippen LogP contribution in [0, 0.1) is 4.84 Å². The molecule has 1 aromatic heterocycles. The third-order valence-electron chi connectivity index (χ3n) is 2.76. The maximum Gasteiger partial charge on any atom is 0.407 e. The van der Waals surface area contributed by atoms with Gasteiger partial charge in [-0.25, -0.2) is 4.79 Å². The van der Waals surface area contributed by atoms with Gasteiger partial charge in [0.25, 0.3) is 10.7 Å². The normalized spacial score (nSPS) is 11.3. The van der Waals surface area contributed by atoms with Crippen LogP contribution >= 0.6 is 12.2 Å². The zero-order valence-electron chi connectivity index (χ0n) is 13.2. The monoisotopic (exact) mass is 337 g/mol. The molecule has 3 N–H and O–H groups in total. The summed E-state index contributed by atoms with van der Waals surface area (Å²) >= 11 is 4.89. The summed E-state index contributed by atoms with van der Waals surface area (Å²) in [6.45, 7) is 5.90. The van der Waals surface area contributed by atoms with Gasteiger partial charge >= 0.3 is 6.09 Å². The number of alkyl carbamates (subject to hydrolysis) is 1. The molecule has 0 fully saturated rings. The molecule has 2 aromatic rings. The Morgan fingerprint density at radius 1 is 1.26 bits per heavy atom. The maximum atomic E-state index is 12.0. The Balaban J connectivity index is 1.82. The Morgan fingerprint density at radius 2 is 1.96 bits per heavy atom. The number of aromatic nitrogens is 1. The van der Waals surface area contributed by atoms with Crippen LogP contribution in [-0.4, -0.2) is 35.7 Å². The molecule has 0 atom stereocenters. The van der Waals surface area contributed by atoms with E-state index in [1.807, 2.05) is 0 Å². The van der Waals surface area contributed by atoms with E-state index in [-0.39, 0.29) is 23.8 Å². The lowest BCUT2D eigenvalue weighted by atomic mass is 10.2. The first-order valence-corrected chi connectivity index (χ1v) is 7.53. The van der Waals surface area contributed by atoms with Crippen molar-refractivity contribution in [3.63, 3.8) is 0 Å². The number of rotatable bonds is 4. The summed E-state index contributed by atoms with van der Waals surface area (Å²) in [6.07, 6.45) is -0.516. The largest absolute Gasteiger partial charge is 0.444 e. The topological polar surface area (TPSA) is 96.4 Å². The van der Waals surface area contributed by atoms with Crippen LogP contribution < -0.4 is 10.6 Å². The van der Waals surface area contributed by atoms with Crippen LogP contribution in [0.25, 0.3) is 11.1 Å². The lowest BCUT2D eigenvalue weighted by Crippen LogP contribution is -2.37. The average molecular weight is 337 g/mol. The Kier molecular flexibility index (Phi) is 5.05. The number of oxazole rings is 1. The second-order valence-corrected chi connectivity index (χ2v) is 6.28.